The van der Waals surface area contributed by atoms with Gasteiger partial charge in [-0.25, -0.2) is 0 Å². The van der Waals surface area contributed by atoms with E-state index < -0.39 is 0 Å². The Labute approximate surface area is 120 Å². The lowest BCUT2D eigenvalue weighted by atomic mass is 10.1. The Morgan fingerprint density at radius 3 is 3.10 bits per heavy atom. The Bertz CT molecular complexity index is 482. The summed E-state index contributed by atoms with van der Waals surface area (Å²) in [4.78, 5) is 14.4. The smallest absolute Gasteiger partial charge is 0.224 e. The van der Waals surface area contributed by atoms with Gasteiger partial charge in [-0.05, 0) is 37.9 Å². The molecule has 1 aromatic carbocycles. The standard InChI is InChI=1S/C16H23N3O/c1-12-10-13-4-2-3-5-15(13)19(12)9-8-18-16(20)14-6-7-17-11-14/h2-5,12,14,17H,6-11H2,1H3,(H,18,20). The van der Waals surface area contributed by atoms with Crippen molar-refractivity contribution in [2.24, 2.45) is 5.92 Å². The lowest BCUT2D eigenvalue weighted by Gasteiger charge is -2.25. The molecule has 0 aliphatic carbocycles. The Balaban J connectivity index is 1.52. The van der Waals surface area contributed by atoms with Gasteiger partial charge in [0, 0.05) is 31.4 Å². The van der Waals surface area contributed by atoms with Gasteiger partial charge in [0.1, 0.15) is 0 Å². The molecule has 0 spiro atoms. The van der Waals surface area contributed by atoms with Crippen LogP contribution in [0.1, 0.15) is 18.9 Å². The molecular weight excluding hydrogens is 250 g/mol. The number of fused-ring (bicyclic) bond motifs is 1. The van der Waals surface area contributed by atoms with E-state index in [9.17, 15) is 4.79 Å². The van der Waals surface area contributed by atoms with Gasteiger partial charge in [-0.1, -0.05) is 18.2 Å². The lowest BCUT2D eigenvalue weighted by Crippen LogP contribution is -2.40. The zero-order chi connectivity index (χ0) is 13.9. The van der Waals surface area contributed by atoms with Crippen LogP contribution in [0.5, 0.6) is 0 Å². The Morgan fingerprint density at radius 2 is 2.30 bits per heavy atom. The molecule has 2 N–H and O–H groups in total. The molecule has 2 aliphatic heterocycles. The number of carbonyl (C=O) groups is 1. The minimum Gasteiger partial charge on any atom is -0.367 e. The number of para-hydroxylation sites is 1. The third-order valence-corrected chi connectivity index (χ3v) is 4.43. The van der Waals surface area contributed by atoms with Crippen LogP contribution in [-0.2, 0) is 11.2 Å². The normalized spacial score (nSPS) is 24.8. The summed E-state index contributed by atoms with van der Waals surface area (Å²) < 4.78 is 0. The van der Waals surface area contributed by atoms with Crippen molar-refractivity contribution >= 4 is 11.6 Å². The highest BCUT2D eigenvalue weighted by Crippen LogP contribution is 2.31. The van der Waals surface area contributed by atoms with Crippen LogP contribution in [-0.4, -0.2) is 38.1 Å². The maximum absolute atomic E-state index is 12.0. The SMILES string of the molecule is CC1Cc2ccccc2N1CCNC(=O)C1CCNC1. The molecule has 4 nitrogen and oxygen atoms in total. The predicted molar refractivity (Wildman–Crippen MR) is 80.9 cm³/mol. The summed E-state index contributed by atoms with van der Waals surface area (Å²) in [6.45, 7) is 5.67. The van der Waals surface area contributed by atoms with Gasteiger partial charge in [0.2, 0.25) is 5.91 Å². The van der Waals surface area contributed by atoms with E-state index in [-0.39, 0.29) is 11.8 Å². The molecule has 0 radical (unpaired) electrons. The molecule has 4 heteroatoms. The van der Waals surface area contributed by atoms with E-state index in [1.54, 1.807) is 0 Å². The van der Waals surface area contributed by atoms with Gasteiger partial charge in [-0.3, -0.25) is 4.79 Å². The van der Waals surface area contributed by atoms with Crippen LogP contribution < -0.4 is 15.5 Å². The van der Waals surface area contributed by atoms with Crippen molar-refractivity contribution in [2.45, 2.75) is 25.8 Å². The Morgan fingerprint density at radius 1 is 1.45 bits per heavy atom. The van der Waals surface area contributed by atoms with Crippen molar-refractivity contribution in [1.29, 1.82) is 0 Å². The van der Waals surface area contributed by atoms with E-state index >= 15 is 0 Å². The van der Waals surface area contributed by atoms with E-state index in [1.165, 1.54) is 11.3 Å². The molecule has 20 heavy (non-hydrogen) atoms. The highest BCUT2D eigenvalue weighted by atomic mass is 16.1. The molecule has 0 aromatic heterocycles. The molecule has 108 valence electrons. The van der Waals surface area contributed by atoms with E-state index in [0.717, 1.165) is 39.0 Å². The molecule has 2 unspecified atom stereocenters. The summed E-state index contributed by atoms with van der Waals surface area (Å²) in [7, 11) is 0. The fraction of sp³-hybridized carbons (Fsp3) is 0.562. The number of nitrogens with one attached hydrogen (secondary N) is 2. The number of amides is 1. The summed E-state index contributed by atoms with van der Waals surface area (Å²) in [6, 6.07) is 9.10. The molecular formula is C16H23N3O. The van der Waals surface area contributed by atoms with Gasteiger partial charge in [-0.2, -0.15) is 0 Å². The first-order valence-electron chi connectivity index (χ1n) is 7.58. The zero-order valence-corrected chi connectivity index (χ0v) is 12.1. The second kappa shape index (κ2) is 5.83. The van der Waals surface area contributed by atoms with E-state index in [4.69, 9.17) is 0 Å². The molecule has 0 saturated carbocycles. The second-order valence-electron chi connectivity index (χ2n) is 5.86. The first kappa shape index (κ1) is 13.4. The van der Waals surface area contributed by atoms with Crippen molar-refractivity contribution < 1.29 is 4.79 Å². The minimum absolute atomic E-state index is 0.165. The molecule has 1 fully saturated rings. The fourth-order valence-corrected chi connectivity index (χ4v) is 3.29. The quantitative estimate of drug-likeness (QED) is 0.865. The van der Waals surface area contributed by atoms with E-state index in [0.29, 0.717) is 6.04 Å². The van der Waals surface area contributed by atoms with Crippen molar-refractivity contribution in [3.8, 4) is 0 Å². The maximum atomic E-state index is 12.0. The molecule has 1 aromatic rings. The lowest BCUT2D eigenvalue weighted by molar-refractivity contribution is -0.124. The van der Waals surface area contributed by atoms with Gasteiger partial charge in [-0.15, -0.1) is 0 Å². The number of rotatable bonds is 4. The molecule has 2 aliphatic rings. The number of anilines is 1. The predicted octanol–water partition coefficient (Wildman–Crippen LogP) is 1.16. The number of benzene rings is 1. The van der Waals surface area contributed by atoms with Crippen LogP contribution in [0.25, 0.3) is 0 Å². The Kier molecular flexibility index (Phi) is 3.92. The third kappa shape index (κ3) is 2.66. The highest BCUT2D eigenvalue weighted by Gasteiger charge is 2.26. The number of nitrogens with zero attached hydrogens (tertiary/aromatic N) is 1. The highest BCUT2D eigenvalue weighted by molar-refractivity contribution is 5.79. The molecule has 1 saturated heterocycles. The third-order valence-electron chi connectivity index (χ3n) is 4.43. The van der Waals surface area contributed by atoms with Gasteiger partial charge in [0.25, 0.3) is 0 Å². The summed E-state index contributed by atoms with van der Waals surface area (Å²) in [5.74, 6) is 0.369. The van der Waals surface area contributed by atoms with Crippen LogP contribution in [0.4, 0.5) is 5.69 Å². The Hall–Kier alpha value is -1.55. The zero-order valence-electron chi connectivity index (χ0n) is 12.1. The molecule has 0 bridgehead atoms. The molecule has 2 heterocycles. The van der Waals surface area contributed by atoms with E-state index in [1.807, 2.05) is 0 Å². The van der Waals surface area contributed by atoms with Crippen LogP contribution >= 0.6 is 0 Å². The summed E-state index contributed by atoms with van der Waals surface area (Å²) >= 11 is 0. The fourth-order valence-electron chi connectivity index (χ4n) is 3.29. The van der Waals surface area contributed by atoms with Gasteiger partial charge in [0.15, 0.2) is 0 Å². The van der Waals surface area contributed by atoms with Crippen LogP contribution in [0.3, 0.4) is 0 Å². The van der Waals surface area contributed by atoms with E-state index in [2.05, 4.69) is 46.7 Å². The maximum Gasteiger partial charge on any atom is 0.224 e. The van der Waals surface area contributed by atoms with Crippen molar-refractivity contribution in [3.05, 3.63) is 29.8 Å². The largest absolute Gasteiger partial charge is 0.367 e. The minimum atomic E-state index is 0.165. The molecule has 3 rings (SSSR count). The average Bonchev–Trinajstić information content (AvgIpc) is 3.07. The number of carbonyl (C=O) groups excluding carboxylic acids is 1. The van der Waals surface area contributed by atoms with Crippen LogP contribution in [0, 0.1) is 5.92 Å². The first-order valence-corrected chi connectivity index (χ1v) is 7.58. The van der Waals surface area contributed by atoms with Crippen LogP contribution in [0.15, 0.2) is 24.3 Å². The average molecular weight is 273 g/mol. The molecule has 1 amide bonds. The number of hydrogen-bond acceptors (Lipinski definition) is 3. The summed E-state index contributed by atoms with van der Waals surface area (Å²) in [6.07, 6.45) is 2.07. The first-order chi connectivity index (χ1) is 9.75. The van der Waals surface area contributed by atoms with Crippen molar-refractivity contribution in [3.63, 3.8) is 0 Å². The van der Waals surface area contributed by atoms with Gasteiger partial charge < -0.3 is 15.5 Å². The van der Waals surface area contributed by atoms with Crippen molar-refractivity contribution in [2.75, 3.05) is 31.1 Å². The molecule has 2 atom stereocenters. The summed E-state index contributed by atoms with van der Waals surface area (Å²) in [5.41, 5.74) is 2.75. The van der Waals surface area contributed by atoms with Gasteiger partial charge >= 0.3 is 0 Å². The van der Waals surface area contributed by atoms with Gasteiger partial charge in [0.05, 0.1) is 5.92 Å². The second-order valence-corrected chi connectivity index (χ2v) is 5.86. The van der Waals surface area contributed by atoms with Crippen LogP contribution in [0.2, 0.25) is 0 Å². The summed E-state index contributed by atoms with van der Waals surface area (Å²) in [5, 5.41) is 6.32. The number of hydrogen-bond donors (Lipinski definition) is 2. The van der Waals surface area contributed by atoms with Crippen molar-refractivity contribution in [1.82, 2.24) is 10.6 Å². The topological polar surface area (TPSA) is 44.4 Å². The monoisotopic (exact) mass is 273 g/mol.